The number of allylic oxidation sites excluding steroid dienone is 1. The summed E-state index contributed by atoms with van der Waals surface area (Å²) in [4.78, 5) is 10.9. The number of aliphatic hydroxyl groups excluding tert-OH is 1. The smallest absolute Gasteiger partial charge is 0.371 e. The molecule has 0 saturated heterocycles. The number of carboxylic acids is 1. The quantitative estimate of drug-likeness (QED) is 0.594. The van der Waals surface area contributed by atoms with Gasteiger partial charge in [-0.1, -0.05) is 51.1 Å². The maximum absolute atomic E-state index is 10.9. The van der Waals surface area contributed by atoms with Crippen LogP contribution in [0.15, 0.2) is 36.1 Å². The number of aliphatic hydroxyl groups is 1. The van der Waals surface area contributed by atoms with Crippen LogP contribution in [0.5, 0.6) is 0 Å². The first-order valence-electron chi connectivity index (χ1n) is 5.06. The first-order chi connectivity index (χ1) is 7.34. The average Bonchev–Trinajstić information content (AvgIpc) is 2.17. The van der Waals surface area contributed by atoms with Crippen LogP contribution in [0.25, 0.3) is 5.57 Å². The zero-order chi connectivity index (χ0) is 12.3. The minimum atomic E-state index is -1.30. The Hall–Kier alpha value is -1.77. The molecule has 1 aromatic carbocycles. The molecule has 0 amide bonds. The number of carbonyl (C=O) groups is 1. The third-order valence-corrected chi connectivity index (χ3v) is 2.25. The minimum absolute atomic E-state index is 0.427. The van der Waals surface area contributed by atoms with Crippen LogP contribution in [-0.2, 0) is 4.79 Å². The maximum atomic E-state index is 10.9. The largest absolute Gasteiger partial charge is 0.502 e. The molecule has 0 bridgehead atoms. The Bertz CT molecular complexity index is 411. The molecule has 16 heavy (non-hydrogen) atoms. The molecule has 3 nitrogen and oxygen atoms in total. The van der Waals surface area contributed by atoms with E-state index in [1.807, 2.05) is 39.0 Å². The zero-order valence-corrected chi connectivity index (χ0v) is 9.69. The van der Waals surface area contributed by atoms with Gasteiger partial charge in [0.15, 0.2) is 0 Å². The van der Waals surface area contributed by atoms with Crippen molar-refractivity contribution in [3.8, 4) is 0 Å². The Balaban J connectivity index is 3.40. The molecule has 0 aliphatic rings. The van der Waals surface area contributed by atoms with Crippen LogP contribution in [0.2, 0.25) is 0 Å². The number of rotatable bonds is 2. The second-order valence-corrected chi connectivity index (χ2v) is 4.64. The van der Waals surface area contributed by atoms with E-state index in [1.165, 1.54) is 0 Å². The van der Waals surface area contributed by atoms with E-state index in [2.05, 4.69) is 0 Å². The molecular weight excluding hydrogens is 204 g/mol. The molecule has 0 aliphatic heterocycles. The molecule has 0 aromatic heterocycles. The summed E-state index contributed by atoms with van der Waals surface area (Å²) in [7, 11) is 0. The van der Waals surface area contributed by atoms with Crippen molar-refractivity contribution in [1.29, 1.82) is 0 Å². The van der Waals surface area contributed by atoms with Gasteiger partial charge in [-0.2, -0.15) is 0 Å². The fourth-order valence-electron chi connectivity index (χ4n) is 1.64. The molecule has 0 unspecified atom stereocenters. The van der Waals surface area contributed by atoms with Gasteiger partial charge in [-0.25, -0.2) is 4.79 Å². The van der Waals surface area contributed by atoms with Crippen molar-refractivity contribution < 1.29 is 15.0 Å². The number of aliphatic carboxylic acids is 1. The normalized spacial score (nSPS) is 13.2. The highest BCUT2D eigenvalue weighted by Gasteiger charge is 2.25. The fraction of sp³-hybridized carbons (Fsp3) is 0.308. The first-order valence-corrected chi connectivity index (χ1v) is 5.06. The Labute approximate surface area is 95.0 Å². The topological polar surface area (TPSA) is 57.5 Å². The molecule has 0 aliphatic carbocycles. The van der Waals surface area contributed by atoms with Crippen LogP contribution >= 0.6 is 0 Å². The van der Waals surface area contributed by atoms with Crippen LogP contribution in [-0.4, -0.2) is 16.2 Å². The molecular formula is C13H16O3. The van der Waals surface area contributed by atoms with E-state index in [0.29, 0.717) is 5.57 Å². The number of carboxylic acid groups (broad SMARTS) is 1. The van der Waals surface area contributed by atoms with Crippen LogP contribution in [0, 0.1) is 5.41 Å². The lowest BCUT2D eigenvalue weighted by atomic mass is 9.81. The average molecular weight is 220 g/mol. The Morgan fingerprint density at radius 2 is 1.56 bits per heavy atom. The predicted molar refractivity (Wildman–Crippen MR) is 63.1 cm³/mol. The lowest BCUT2D eigenvalue weighted by Crippen LogP contribution is -2.15. The van der Waals surface area contributed by atoms with E-state index in [-0.39, 0.29) is 0 Å². The van der Waals surface area contributed by atoms with Gasteiger partial charge in [0, 0.05) is 5.57 Å². The van der Waals surface area contributed by atoms with Crippen LogP contribution < -0.4 is 0 Å². The summed E-state index contributed by atoms with van der Waals surface area (Å²) in [5.41, 5.74) is 0.750. The van der Waals surface area contributed by atoms with Gasteiger partial charge in [-0.05, 0) is 11.0 Å². The number of hydrogen-bond donors (Lipinski definition) is 2. The molecule has 0 radical (unpaired) electrons. The molecule has 0 heterocycles. The highest BCUT2D eigenvalue weighted by Crippen LogP contribution is 2.35. The second kappa shape index (κ2) is 4.39. The minimum Gasteiger partial charge on any atom is -0.502 e. The van der Waals surface area contributed by atoms with Gasteiger partial charge in [0.05, 0.1) is 0 Å². The lowest BCUT2D eigenvalue weighted by molar-refractivity contribution is -0.135. The van der Waals surface area contributed by atoms with Crippen molar-refractivity contribution >= 4 is 11.5 Å². The summed E-state index contributed by atoms with van der Waals surface area (Å²) in [5.74, 6) is -1.88. The van der Waals surface area contributed by atoms with Gasteiger partial charge in [-0.15, -0.1) is 0 Å². The molecule has 86 valence electrons. The summed E-state index contributed by atoms with van der Waals surface area (Å²) in [5, 5.41) is 18.5. The van der Waals surface area contributed by atoms with Crippen molar-refractivity contribution in [3.05, 3.63) is 41.7 Å². The van der Waals surface area contributed by atoms with E-state index >= 15 is 0 Å². The van der Waals surface area contributed by atoms with E-state index in [9.17, 15) is 9.90 Å². The van der Waals surface area contributed by atoms with Crippen molar-refractivity contribution in [1.82, 2.24) is 0 Å². The fourth-order valence-corrected chi connectivity index (χ4v) is 1.64. The summed E-state index contributed by atoms with van der Waals surface area (Å²) in [6.45, 7) is 5.61. The Morgan fingerprint density at radius 1 is 1.06 bits per heavy atom. The summed E-state index contributed by atoms with van der Waals surface area (Å²) in [6, 6.07) is 9.06. The summed E-state index contributed by atoms with van der Waals surface area (Å²) < 4.78 is 0. The van der Waals surface area contributed by atoms with Gasteiger partial charge in [0.25, 0.3) is 0 Å². The van der Waals surface area contributed by atoms with Gasteiger partial charge < -0.3 is 10.2 Å². The van der Waals surface area contributed by atoms with Crippen molar-refractivity contribution in [3.63, 3.8) is 0 Å². The molecule has 0 atom stereocenters. The van der Waals surface area contributed by atoms with Gasteiger partial charge in [0.1, 0.15) is 0 Å². The third-order valence-electron chi connectivity index (χ3n) is 2.25. The lowest BCUT2D eigenvalue weighted by Gasteiger charge is -2.23. The van der Waals surface area contributed by atoms with Crippen molar-refractivity contribution in [2.24, 2.45) is 5.41 Å². The molecule has 2 N–H and O–H groups in total. The molecule has 0 saturated carbocycles. The van der Waals surface area contributed by atoms with Crippen LogP contribution in [0.1, 0.15) is 26.3 Å². The molecule has 1 aromatic rings. The van der Waals surface area contributed by atoms with E-state index in [1.54, 1.807) is 12.1 Å². The van der Waals surface area contributed by atoms with Gasteiger partial charge in [-0.3, -0.25) is 0 Å². The van der Waals surface area contributed by atoms with Crippen LogP contribution in [0.4, 0.5) is 0 Å². The molecule has 1 rings (SSSR count). The highest BCUT2D eigenvalue weighted by molar-refractivity contribution is 5.94. The molecule has 3 heteroatoms. The second-order valence-electron chi connectivity index (χ2n) is 4.64. The maximum Gasteiger partial charge on any atom is 0.371 e. The van der Waals surface area contributed by atoms with E-state index in [4.69, 9.17) is 5.11 Å². The highest BCUT2D eigenvalue weighted by atomic mass is 16.4. The standard InChI is InChI=1S/C13H16O3/c1-13(2,3)10(11(14)12(15)16)9-7-5-4-6-8-9/h4-8,14H,1-3H3,(H,15,16). The SMILES string of the molecule is CC(C)(C)C(=C(O)C(=O)O)c1ccccc1. The van der Waals surface area contributed by atoms with Crippen molar-refractivity contribution in [2.75, 3.05) is 0 Å². The Kier molecular flexibility index (Phi) is 3.38. The number of benzene rings is 1. The predicted octanol–water partition coefficient (Wildman–Crippen LogP) is 3.09. The summed E-state index contributed by atoms with van der Waals surface area (Å²) in [6.07, 6.45) is 0. The van der Waals surface area contributed by atoms with Gasteiger partial charge in [0.2, 0.25) is 5.76 Å². The van der Waals surface area contributed by atoms with E-state index in [0.717, 1.165) is 5.56 Å². The zero-order valence-electron chi connectivity index (χ0n) is 9.69. The first kappa shape index (κ1) is 12.3. The van der Waals surface area contributed by atoms with E-state index < -0.39 is 17.1 Å². The summed E-state index contributed by atoms with van der Waals surface area (Å²) >= 11 is 0. The molecule has 0 spiro atoms. The van der Waals surface area contributed by atoms with Crippen molar-refractivity contribution in [2.45, 2.75) is 20.8 Å². The Morgan fingerprint density at radius 3 is 1.94 bits per heavy atom. The van der Waals surface area contributed by atoms with Gasteiger partial charge >= 0.3 is 5.97 Å². The third kappa shape index (κ3) is 2.63. The molecule has 0 fully saturated rings. The number of hydrogen-bond acceptors (Lipinski definition) is 2. The monoisotopic (exact) mass is 220 g/mol. The van der Waals surface area contributed by atoms with Crippen LogP contribution in [0.3, 0.4) is 0 Å².